The predicted molar refractivity (Wildman–Crippen MR) is 148 cm³/mol. The number of ether oxygens (including phenoxy) is 1. The second-order valence-electron chi connectivity index (χ2n) is 9.80. The number of hydrogen-bond acceptors (Lipinski definition) is 5. The summed E-state index contributed by atoms with van der Waals surface area (Å²) < 4.78 is 5.21. The molecule has 0 aromatic heterocycles. The lowest BCUT2D eigenvalue weighted by Gasteiger charge is -2.31. The van der Waals surface area contributed by atoms with Crippen molar-refractivity contribution in [2.45, 2.75) is 64.8 Å². The van der Waals surface area contributed by atoms with Gasteiger partial charge in [0.05, 0.1) is 0 Å². The Hall–Kier alpha value is -3.00. The highest BCUT2D eigenvalue weighted by Crippen LogP contribution is 2.24. The lowest BCUT2D eigenvalue weighted by Crippen LogP contribution is -2.56. The van der Waals surface area contributed by atoms with Gasteiger partial charge in [0.25, 0.3) is 0 Å². The van der Waals surface area contributed by atoms with Crippen LogP contribution in [0, 0.1) is 5.92 Å². The monoisotopic (exact) mass is 525 g/mol. The minimum atomic E-state index is -0.833. The van der Waals surface area contributed by atoms with Crippen molar-refractivity contribution in [1.82, 2.24) is 15.5 Å². The molecule has 3 atom stereocenters. The van der Waals surface area contributed by atoms with Crippen LogP contribution < -0.4 is 10.6 Å². The van der Waals surface area contributed by atoms with Gasteiger partial charge >= 0.3 is 6.09 Å². The first-order valence-corrected chi connectivity index (χ1v) is 14.2. The van der Waals surface area contributed by atoms with Crippen LogP contribution in [0.1, 0.15) is 44.7 Å². The summed E-state index contributed by atoms with van der Waals surface area (Å²) in [6.45, 7) is 6.27. The third kappa shape index (κ3) is 9.11. The minimum Gasteiger partial charge on any atom is -0.445 e. The van der Waals surface area contributed by atoms with E-state index in [1.54, 1.807) is 6.92 Å². The van der Waals surface area contributed by atoms with Crippen LogP contribution in [0.25, 0.3) is 0 Å². The van der Waals surface area contributed by atoms with Gasteiger partial charge in [-0.3, -0.25) is 9.59 Å². The average molecular weight is 526 g/mol. The zero-order valence-corrected chi connectivity index (χ0v) is 22.8. The van der Waals surface area contributed by atoms with Gasteiger partial charge < -0.3 is 20.3 Å². The van der Waals surface area contributed by atoms with E-state index < -0.39 is 24.1 Å². The van der Waals surface area contributed by atoms with Gasteiger partial charge in [-0.2, -0.15) is 11.8 Å². The van der Waals surface area contributed by atoms with Crippen LogP contribution in [0.5, 0.6) is 0 Å². The number of carbonyl (C=O) groups excluding carboxylic acids is 3. The maximum absolute atomic E-state index is 13.5. The number of carbonyl (C=O) groups is 3. The summed E-state index contributed by atoms with van der Waals surface area (Å²) >= 11 is 1.87. The molecule has 2 N–H and O–H groups in total. The summed E-state index contributed by atoms with van der Waals surface area (Å²) in [7, 11) is 0. The lowest BCUT2D eigenvalue weighted by molar-refractivity contribution is -0.138. The molecule has 2 aromatic rings. The number of hydrogen-bond donors (Lipinski definition) is 2. The zero-order chi connectivity index (χ0) is 26.6. The van der Waals surface area contributed by atoms with Crippen molar-refractivity contribution in [3.8, 4) is 0 Å². The van der Waals surface area contributed by atoms with E-state index in [0.717, 1.165) is 36.3 Å². The summed E-state index contributed by atoms with van der Waals surface area (Å²) in [6.07, 6.45) is 2.29. The number of aryl methyl sites for hydroxylation is 1. The van der Waals surface area contributed by atoms with Gasteiger partial charge in [-0.25, -0.2) is 4.79 Å². The lowest BCUT2D eigenvalue weighted by atomic mass is 10.0. The van der Waals surface area contributed by atoms with Crippen molar-refractivity contribution in [3.05, 3.63) is 71.8 Å². The molecule has 0 spiro atoms. The van der Waals surface area contributed by atoms with Gasteiger partial charge in [-0.05, 0) is 49.0 Å². The second-order valence-corrected chi connectivity index (χ2v) is 10.9. The Bertz CT molecular complexity index is 1000. The molecule has 2 aromatic carbocycles. The first-order chi connectivity index (χ1) is 17.8. The molecular weight excluding hydrogens is 486 g/mol. The fraction of sp³-hybridized carbons (Fsp3) is 0.483. The minimum absolute atomic E-state index is 0.0478. The SMILES string of the molecule is CC(C)C(NC(=O)[C@H](C)NC(=O)OCc1ccccc1)C(=O)N1CCC[C@H]1CSCCc1ccccc1. The van der Waals surface area contributed by atoms with Crippen molar-refractivity contribution in [1.29, 1.82) is 0 Å². The average Bonchev–Trinajstić information content (AvgIpc) is 3.37. The normalized spacial score (nSPS) is 16.8. The molecular formula is C29H39N3O4S. The maximum Gasteiger partial charge on any atom is 0.408 e. The van der Waals surface area contributed by atoms with Gasteiger partial charge in [0, 0.05) is 18.3 Å². The van der Waals surface area contributed by atoms with Crippen LogP contribution in [-0.4, -0.2) is 59.0 Å². The van der Waals surface area contributed by atoms with Gasteiger partial charge in [0.1, 0.15) is 18.7 Å². The highest BCUT2D eigenvalue weighted by Gasteiger charge is 2.35. The molecule has 1 saturated heterocycles. The predicted octanol–water partition coefficient (Wildman–Crippen LogP) is 4.41. The Morgan fingerprint density at radius 2 is 1.62 bits per heavy atom. The quantitative estimate of drug-likeness (QED) is 0.401. The molecule has 3 rings (SSSR count). The maximum atomic E-state index is 13.5. The van der Waals surface area contributed by atoms with E-state index in [4.69, 9.17) is 4.74 Å². The number of benzene rings is 2. The number of amides is 3. The van der Waals surface area contributed by atoms with E-state index in [1.807, 2.05) is 66.9 Å². The van der Waals surface area contributed by atoms with E-state index in [9.17, 15) is 14.4 Å². The highest BCUT2D eigenvalue weighted by atomic mass is 32.2. The Morgan fingerprint density at radius 3 is 2.27 bits per heavy atom. The number of alkyl carbamates (subject to hydrolysis) is 1. The van der Waals surface area contributed by atoms with E-state index in [-0.39, 0.29) is 24.5 Å². The van der Waals surface area contributed by atoms with Crippen molar-refractivity contribution in [2.75, 3.05) is 18.1 Å². The van der Waals surface area contributed by atoms with Gasteiger partial charge in [-0.1, -0.05) is 74.5 Å². The molecule has 1 unspecified atom stereocenters. The molecule has 0 bridgehead atoms. The number of rotatable bonds is 12. The molecule has 1 aliphatic heterocycles. The summed E-state index contributed by atoms with van der Waals surface area (Å²) in [6, 6.07) is 18.4. The van der Waals surface area contributed by atoms with E-state index in [0.29, 0.717) is 6.54 Å². The topological polar surface area (TPSA) is 87.7 Å². The fourth-order valence-corrected chi connectivity index (χ4v) is 5.50. The molecule has 0 radical (unpaired) electrons. The molecule has 37 heavy (non-hydrogen) atoms. The van der Waals surface area contributed by atoms with Crippen molar-refractivity contribution < 1.29 is 19.1 Å². The Balaban J connectivity index is 1.47. The van der Waals surface area contributed by atoms with Crippen LogP contribution >= 0.6 is 11.8 Å². The molecule has 0 saturated carbocycles. The summed E-state index contributed by atoms with van der Waals surface area (Å²) in [4.78, 5) is 40.4. The first-order valence-electron chi connectivity index (χ1n) is 13.0. The third-order valence-corrected chi connectivity index (χ3v) is 7.63. The molecule has 1 aliphatic rings. The standard InChI is InChI=1S/C29H39N3O4S/c1-21(2)26(31-27(33)22(3)30-29(35)36-19-24-13-8-5-9-14-24)28(34)32-17-10-15-25(32)20-37-18-16-23-11-6-4-7-12-23/h4-9,11-14,21-22,25-26H,10,15-20H2,1-3H3,(H,30,35)(H,31,33)/t22-,25-,26?/m0/s1. The van der Waals surface area contributed by atoms with Gasteiger partial charge in [0.15, 0.2) is 0 Å². The van der Waals surface area contributed by atoms with E-state index >= 15 is 0 Å². The van der Waals surface area contributed by atoms with E-state index in [1.165, 1.54) is 5.56 Å². The Labute approximate surface area is 224 Å². The van der Waals surface area contributed by atoms with E-state index in [2.05, 4.69) is 34.9 Å². The van der Waals surface area contributed by atoms with Crippen LogP contribution in [0.15, 0.2) is 60.7 Å². The molecule has 0 aliphatic carbocycles. The van der Waals surface area contributed by atoms with Crippen LogP contribution in [0.2, 0.25) is 0 Å². The first kappa shape index (κ1) is 28.6. The van der Waals surface area contributed by atoms with Crippen molar-refractivity contribution in [2.24, 2.45) is 5.92 Å². The summed E-state index contributed by atoms with van der Waals surface area (Å²) in [5, 5.41) is 5.43. The van der Waals surface area contributed by atoms with Crippen LogP contribution in [0.3, 0.4) is 0 Å². The molecule has 7 nitrogen and oxygen atoms in total. The largest absolute Gasteiger partial charge is 0.445 e. The molecule has 1 fully saturated rings. The van der Waals surface area contributed by atoms with Crippen LogP contribution in [-0.2, 0) is 27.4 Å². The van der Waals surface area contributed by atoms with Crippen molar-refractivity contribution in [3.63, 3.8) is 0 Å². The Morgan fingerprint density at radius 1 is 0.973 bits per heavy atom. The zero-order valence-electron chi connectivity index (χ0n) is 22.0. The summed E-state index contributed by atoms with van der Waals surface area (Å²) in [5.41, 5.74) is 2.18. The third-order valence-electron chi connectivity index (χ3n) is 6.52. The Kier molecular flexibility index (Phi) is 11.3. The molecule has 1 heterocycles. The van der Waals surface area contributed by atoms with Gasteiger partial charge in [-0.15, -0.1) is 0 Å². The number of likely N-dealkylation sites (tertiary alicyclic amines) is 1. The van der Waals surface area contributed by atoms with Crippen LogP contribution in [0.4, 0.5) is 4.79 Å². The molecule has 200 valence electrons. The molecule has 3 amide bonds. The van der Waals surface area contributed by atoms with Gasteiger partial charge in [0.2, 0.25) is 11.8 Å². The highest BCUT2D eigenvalue weighted by molar-refractivity contribution is 7.99. The fourth-order valence-electron chi connectivity index (χ4n) is 4.33. The smallest absolute Gasteiger partial charge is 0.408 e. The summed E-state index contributed by atoms with van der Waals surface area (Å²) in [5.74, 6) is 1.37. The second kappa shape index (κ2) is 14.7. The number of nitrogens with one attached hydrogen (secondary N) is 2. The molecule has 8 heteroatoms. The number of thioether (sulfide) groups is 1. The van der Waals surface area contributed by atoms with Crippen molar-refractivity contribution >= 4 is 29.7 Å². The number of nitrogens with zero attached hydrogens (tertiary/aromatic N) is 1.